The maximum absolute atomic E-state index is 12.5. The molecule has 112 valence electrons. The van der Waals surface area contributed by atoms with Gasteiger partial charge in [0.25, 0.3) is 5.91 Å². The summed E-state index contributed by atoms with van der Waals surface area (Å²) in [4.78, 5) is 16.7. The molecule has 0 unspecified atom stereocenters. The molecule has 0 bridgehead atoms. The molecule has 0 aliphatic carbocycles. The number of amides is 1. The van der Waals surface area contributed by atoms with Crippen molar-refractivity contribution in [2.45, 2.75) is 51.4 Å². The number of imidazole rings is 1. The van der Waals surface area contributed by atoms with Crippen LogP contribution in [0.5, 0.6) is 0 Å². The van der Waals surface area contributed by atoms with E-state index < -0.39 is 5.60 Å². The summed E-state index contributed by atoms with van der Waals surface area (Å²) in [6, 6.07) is 3.56. The average Bonchev–Trinajstić information content (AvgIpc) is 2.87. The van der Waals surface area contributed by atoms with Crippen LogP contribution >= 0.6 is 0 Å². The zero-order valence-corrected chi connectivity index (χ0v) is 12.8. The Morgan fingerprint density at radius 3 is 2.86 bits per heavy atom. The summed E-state index contributed by atoms with van der Waals surface area (Å²) in [6.07, 6.45) is 3.96. The van der Waals surface area contributed by atoms with E-state index in [1.807, 2.05) is 33.8 Å². The second-order valence-electron chi connectivity index (χ2n) is 6.63. The Balaban J connectivity index is 1.84. The number of nitrogens with zero attached hydrogens (tertiary/aromatic N) is 3. The molecule has 3 heterocycles. The molecule has 1 amide bonds. The van der Waals surface area contributed by atoms with Crippen LogP contribution in [0.1, 0.15) is 44.6 Å². The van der Waals surface area contributed by atoms with Gasteiger partial charge in [-0.1, -0.05) is 0 Å². The fourth-order valence-electron chi connectivity index (χ4n) is 3.00. The SMILES string of the molecule is CC1(C)C[C@H](NC(=O)c2cnc3cccnn23)C(C)(C)O1. The van der Waals surface area contributed by atoms with Crippen molar-refractivity contribution >= 4 is 11.6 Å². The second kappa shape index (κ2) is 4.53. The molecule has 2 aromatic heterocycles. The highest BCUT2D eigenvalue weighted by atomic mass is 16.5. The predicted molar refractivity (Wildman–Crippen MR) is 78.1 cm³/mol. The molecule has 21 heavy (non-hydrogen) atoms. The second-order valence-corrected chi connectivity index (χ2v) is 6.63. The van der Waals surface area contributed by atoms with Crippen LogP contribution in [0.15, 0.2) is 24.5 Å². The van der Waals surface area contributed by atoms with Crippen molar-refractivity contribution in [2.24, 2.45) is 0 Å². The van der Waals surface area contributed by atoms with Crippen LogP contribution in [0.25, 0.3) is 5.65 Å². The first-order valence-electron chi connectivity index (χ1n) is 7.08. The quantitative estimate of drug-likeness (QED) is 0.915. The molecule has 0 radical (unpaired) electrons. The molecule has 6 nitrogen and oxygen atoms in total. The lowest BCUT2D eigenvalue weighted by atomic mass is 9.94. The lowest BCUT2D eigenvalue weighted by molar-refractivity contribution is -0.0693. The van der Waals surface area contributed by atoms with Gasteiger partial charge < -0.3 is 10.1 Å². The predicted octanol–water partition coefficient (Wildman–Crippen LogP) is 1.81. The van der Waals surface area contributed by atoms with E-state index in [-0.39, 0.29) is 17.6 Å². The van der Waals surface area contributed by atoms with Crippen molar-refractivity contribution in [3.63, 3.8) is 0 Å². The van der Waals surface area contributed by atoms with Crippen molar-refractivity contribution in [3.8, 4) is 0 Å². The van der Waals surface area contributed by atoms with Crippen LogP contribution in [-0.4, -0.2) is 37.7 Å². The van der Waals surface area contributed by atoms with Crippen LogP contribution in [0.2, 0.25) is 0 Å². The lowest BCUT2D eigenvalue weighted by Gasteiger charge is -2.27. The Bertz CT molecular complexity index is 690. The molecule has 0 aromatic carbocycles. The number of rotatable bonds is 2. The maximum atomic E-state index is 12.5. The van der Waals surface area contributed by atoms with Gasteiger partial charge in [0.15, 0.2) is 5.65 Å². The highest BCUT2D eigenvalue weighted by Crippen LogP contribution is 2.37. The van der Waals surface area contributed by atoms with Crippen molar-refractivity contribution in [3.05, 3.63) is 30.2 Å². The van der Waals surface area contributed by atoms with Crippen molar-refractivity contribution in [1.82, 2.24) is 19.9 Å². The number of aromatic nitrogens is 3. The number of ether oxygens (including phenoxy) is 1. The Morgan fingerprint density at radius 2 is 2.19 bits per heavy atom. The van der Waals surface area contributed by atoms with Crippen molar-refractivity contribution in [2.75, 3.05) is 0 Å². The molecule has 0 spiro atoms. The van der Waals surface area contributed by atoms with Gasteiger partial charge in [-0.15, -0.1) is 0 Å². The number of hydrogen-bond acceptors (Lipinski definition) is 4. The minimum Gasteiger partial charge on any atom is -0.367 e. The van der Waals surface area contributed by atoms with Crippen LogP contribution in [0.3, 0.4) is 0 Å². The Kier molecular flexibility index (Phi) is 3.02. The highest BCUT2D eigenvalue weighted by molar-refractivity contribution is 5.93. The minimum absolute atomic E-state index is 0.0470. The summed E-state index contributed by atoms with van der Waals surface area (Å²) in [5.74, 6) is -0.180. The zero-order valence-electron chi connectivity index (χ0n) is 12.8. The number of carbonyl (C=O) groups is 1. The van der Waals surface area contributed by atoms with Gasteiger partial charge in [-0.05, 0) is 46.2 Å². The Labute approximate surface area is 123 Å². The summed E-state index contributed by atoms with van der Waals surface area (Å²) in [5.41, 5.74) is 0.461. The summed E-state index contributed by atoms with van der Waals surface area (Å²) < 4.78 is 7.55. The van der Waals surface area contributed by atoms with Gasteiger partial charge in [0.2, 0.25) is 0 Å². The molecule has 1 aliphatic heterocycles. The van der Waals surface area contributed by atoms with Crippen molar-refractivity contribution in [1.29, 1.82) is 0 Å². The standard InChI is InChI=1S/C15H20N4O2/c1-14(2)8-11(15(3,4)21-14)18-13(20)10-9-16-12-6-5-7-17-19(10)12/h5-7,9,11H,8H2,1-4H3,(H,18,20)/t11-/m0/s1. The van der Waals surface area contributed by atoms with Crippen LogP contribution in [0, 0.1) is 0 Å². The largest absolute Gasteiger partial charge is 0.367 e. The van der Waals surface area contributed by atoms with Crippen LogP contribution in [-0.2, 0) is 4.74 Å². The van der Waals surface area contributed by atoms with Crippen LogP contribution in [0.4, 0.5) is 0 Å². The molecular weight excluding hydrogens is 268 g/mol. The smallest absolute Gasteiger partial charge is 0.271 e. The molecular formula is C15H20N4O2. The number of fused-ring (bicyclic) bond motifs is 1. The topological polar surface area (TPSA) is 68.5 Å². The molecule has 1 fully saturated rings. The fourth-order valence-corrected chi connectivity index (χ4v) is 3.00. The van der Waals surface area contributed by atoms with E-state index in [2.05, 4.69) is 15.4 Å². The molecule has 2 aromatic rings. The fraction of sp³-hybridized carbons (Fsp3) is 0.533. The molecule has 3 rings (SSSR count). The maximum Gasteiger partial charge on any atom is 0.271 e. The number of hydrogen-bond donors (Lipinski definition) is 1. The molecule has 1 saturated heterocycles. The monoisotopic (exact) mass is 288 g/mol. The Morgan fingerprint density at radius 1 is 1.43 bits per heavy atom. The van der Waals surface area contributed by atoms with Gasteiger partial charge in [-0.2, -0.15) is 5.10 Å². The first-order valence-corrected chi connectivity index (χ1v) is 7.08. The lowest BCUT2D eigenvalue weighted by Crippen LogP contribution is -2.46. The third-order valence-electron chi connectivity index (χ3n) is 3.89. The van der Waals surface area contributed by atoms with Gasteiger partial charge in [0.05, 0.1) is 23.4 Å². The van der Waals surface area contributed by atoms with E-state index in [9.17, 15) is 4.79 Å². The minimum atomic E-state index is -0.396. The van der Waals surface area contributed by atoms with Gasteiger partial charge >= 0.3 is 0 Å². The third-order valence-corrected chi connectivity index (χ3v) is 3.89. The van der Waals surface area contributed by atoms with E-state index in [1.165, 1.54) is 0 Å². The van der Waals surface area contributed by atoms with Crippen LogP contribution < -0.4 is 5.32 Å². The first-order chi connectivity index (χ1) is 9.78. The van der Waals surface area contributed by atoms with E-state index in [0.717, 1.165) is 6.42 Å². The normalized spacial score (nSPS) is 23.3. The first kappa shape index (κ1) is 14.0. The average molecular weight is 288 g/mol. The van der Waals surface area contributed by atoms with Gasteiger partial charge in [0, 0.05) is 6.20 Å². The molecule has 1 atom stereocenters. The summed E-state index contributed by atoms with van der Waals surface area (Å²) >= 11 is 0. The van der Waals surface area contributed by atoms with E-state index in [0.29, 0.717) is 11.3 Å². The van der Waals surface area contributed by atoms with Gasteiger partial charge in [0.1, 0.15) is 5.69 Å². The highest BCUT2D eigenvalue weighted by Gasteiger charge is 2.46. The Hall–Kier alpha value is -1.95. The van der Waals surface area contributed by atoms with E-state index >= 15 is 0 Å². The van der Waals surface area contributed by atoms with Gasteiger partial charge in [-0.25, -0.2) is 9.50 Å². The molecule has 1 N–H and O–H groups in total. The third kappa shape index (κ3) is 2.51. The zero-order chi connectivity index (χ0) is 15.3. The van der Waals surface area contributed by atoms with Gasteiger partial charge in [-0.3, -0.25) is 4.79 Å². The molecule has 1 aliphatic rings. The van der Waals surface area contributed by atoms with E-state index in [4.69, 9.17) is 4.74 Å². The van der Waals surface area contributed by atoms with E-state index in [1.54, 1.807) is 23.0 Å². The number of carbonyl (C=O) groups excluding carboxylic acids is 1. The number of nitrogens with one attached hydrogen (secondary N) is 1. The summed E-state index contributed by atoms with van der Waals surface area (Å²) in [7, 11) is 0. The summed E-state index contributed by atoms with van der Waals surface area (Å²) in [5, 5.41) is 7.22. The summed E-state index contributed by atoms with van der Waals surface area (Å²) in [6.45, 7) is 8.08. The van der Waals surface area contributed by atoms with Crippen molar-refractivity contribution < 1.29 is 9.53 Å². The molecule has 6 heteroatoms. The molecule has 0 saturated carbocycles.